The van der Waals surface area contributed by atoms with Gasteiger partial charge in [0.25, 0.3) is 0 Å². The van der Waals surface area contributed by atoms with Gasteiger partial charge in [0.2, 0.25) is 0 Å². The number of ketones is 1. The highest BCUT2D eigenvalue weighted by atomic mass is 35.5. The Kier molecular flexibility index (Phi) is 6.73. The zero-order valence-electron chi connectivity index (χ0n) is 16.1. The molecule has 0 radical (unpaired) electrons. The third-order valence-corrected chi connectivity index (χ3v) is 5.27. The largest absolute Gasteiger partial charge is 0.507 e. The quantitative estimate of drug-likeness (QED) is 0.571. The molecule has 3 rings (SSSR count). The molecule has 148 valence electrons. The first-order valence-corrected chi connectivity index (χ1v) is 9.69. The van der Waals surface area contributed by atoms with Gasteiger partial charge in [0.05, 0.1) is 18.2 Å². The number of methoxy groups -OCH3 is 1. The minimum absolute atomic E-state index is 0.0177. The third kappa shape index (κ3) is 4.73. The van der Waals surface area contributed by atoms with Crippen LogP contribution >= 0.6 is 11.6 Å². The van der Waals surface area contributed by atoms with Gasteiger partial charge in [0.15, 0.2) is 5.78 Å². The van der Waals surface area contributed by atoms with Crippen LogP contribution in [-0.4, -0.2) is 48.6 Å². The Morgan fingerprint density at radius 1 is 1.32 bits per heavy atom. The Labute approximate surface area is 170 Å². The number of nitrogens with one attached hydrogen (secondary N) is 1. The molecule has 0 amide bonds. The lowest BCUT2D eigenvalue weighted by Crippen LogP contribution is -2.49. The van der Waals surface area contributed by atoms with Crippen LogP contribution in [0.3, 0.4) is 0 Å². The number of carbonyl (C=O) groups excluding carboxylic acids is 1. The number of hydrogen-bond acceptors (Lipinski definition) is 5. The van der Waals surface area contributed by atoms with Crippen LogP contribution in [0.15, 0.2) is 42.5 Å². The van der Waals surface area contributed by atoms with Crippen LogP contribution in [0.1, 0.15) is 28.4 Å². The van der Waals surface area contributed by atoms with E-state index >= 15 is 0 Å². The number of phenols is 1. The Bertz CT molecular complexity index is 865. The van der Waals surface area contributed by atoms with E-state index in [1.54, 1.807) is 37.5 Å². The molecule has 0 aromatic heterocycles. The smallest absolute Gasteiger partial charge is 0.189 e. The van der Waals surface area contributed by atoms with Gasteiger partial charge in [-0.15, -0.1) is 0 Å². The monoisotopic (exact) mass is 400 g/mol. The van der Waals surface area contributed by atoms with Crippen LogP contribution in [0.4, 0.5) is 0 Å². The normalized spacial score (nSPS) is 17.8. The maximum atomic E-state index is 12.7. The first-order valence-electron chi connectivity index (χ1n) is 9.31. The number of piperazine rings is 1. The molecule has 0 aliphatic carbocycles. The van der Waals surface area contributed by atoms with Crippen molar-refractivity contribution in [1.29, 1.82) is 0 Å². The molecule has 1 aliphatic heterocycles. The van der Waals surface area contributed by atoms with Crippen molar-refractivity contribution in [3.05, 3.63) is 64.2 Å². The molecule has 0 spiro atoms. The molecule has 2 N–H and O–H groups in total. The van der Waals surface area contributed by atoms with E-state index in [4.69, 9.17) is 16.3 Å². The minimum atomic E-state index is -0.260. The van der Waals surface area contributed by atoms with Crippen molar-refractivity contribution in [2.75, 3.05) is 26.7 Å². The second kappa shape index (κ2) is 9.24. The predicted molar refractivity (Wildman–Crippen MR) is 112 cm³/mol. The number of benzene rings is 2. The van der Waals surface area contributed by atoms with Gasteiger partial charge < -0.3 is 15.2 Å². The lowest BCUT2D eigenvalue weighted by Gasteiger charge is -2.34. The molecule has 1 heterocycles. The van der Waals surface area contributed by atoms with E-state index in [2.05, 4.69) is 17.1 Å². The number of halogens is 1. The van der Waals surface area contributed by atoms with Crippen LogP contribution in [0.5, 0.6) is 11.5 Å². The molecule has 1 unspecified atom stereocenters. The number of carbonyl (C=O) groups is 1. The Morgan fingerprint density at radius 2 is 2.07 bits per heavy atom. The summed E-state index contributed by atoms with van der Waals surface area (Å²) in [5.41, 5.74) is 1.77. The summed E-state index contributed by atoms with van der Waals surface area (Å²) in [6.07, 6.45) is 3.17. The van der Waals surface area contributed by atoms with Gasteiger partial charge in [-0.1, -0.05) is 29.8 Å². The van der Waals surface area contributed by atoms with E-state index < -0.39 is 0 Å². The second-order valence-electron chi connectivity index (χ2n) is 6.92. The number of allylic oxidation sites excluding steroid dienone is 1. The van der Waals surface area contributed by atoms with Crippen molar-refractivity contribution in [1.82, 2.24) is 10.2 Å². The zero-order chi connectivity index (χ0) is 20.1. The Balaban J connectivity index is 1.84. The van der Waals surface area contributed by atoms with Crippen molar-refractivity contribution in [2.45, 2.75) is 19.5 Å². The van der Waals surface area contributed by atoms with Crippen molar-refractivity contribution in [2.24, 2.45) is 0 Å². The summed E-state index contributed by atoms with van der Waals surface area (Å²) in [5, 5.41) is 14.8. The number of hydrogen-bond donors (Lipinski definition) is 2. The van der Waals surface area contributed by atoms with E-state index in [9.17, 15) is 9.90 Å². The van der Waals surface area contributed by atoms with Crippen molar-refractivity contribution in [3.63, 3.8) is 0 Å². The lowest BCUT2D eigenvalue weighted by atomic mass is 10.0. The molecule has 0 bridgehead atoms. The van der Waals surface area contributed by atoms with E-state index in [0.717, 1.165) is 25.2 Å². The number of ether oxygens (including phenoxy) is 1. The summed E-state index contributed by atoms with van der Waals surface area (Å²) in [6, 6.07) is 10.9. The van der Waals surface area contributed by atoms with Gasteiger partial charge in [0, 0.05) is 37.2 Å². The van der Waals surface area contributed by atoms with Gasteiger partial charge in [-0.3, -0.25) is 9.69 Å². The van der Waals surface area contributed by atoms with E-state index in [-0.39, 0.29) is 17.1 Å². The van der Waals surface area contributed by atoms with Gasteiger partial charge in [-0.05, 0) is 42.8 Å². The third-order valence-electron chi connectivity index (χ3n) is 5.02. The standard InChI is InChI=1S/C22H25ClN2O3/c1-15-13-24-11-12-25(15)14-19-21(28-2)10-8-18(22(19)27)20(26)9-5-16-3-6-17(23)7-4-16/h3-10,15,24,27H,11-14H2,1-2H3/b9-5+. The van der Waals surface area contributed by atoms with Crippen LogP contribution in [0, 0.1) is 0 Å². The summed E-state index contributed by atoms with van der Waals surface area (Å²) in [4.78, 5) is 14.9. The molecule has 1 saturated heterocycles. The summed E-state index contributed by atoms with van der Waals surface area (Å²) >= 11 is 5.88. The summed E-state index contributed by atoms with van der Waals surface area (Å²) in [6.45, 7) is 5.33. The lowest BCUT2D eigenvalue weighted by molar-refractivity contribution is 0.104. The van der Waals surface area contributed by atoms with Gasteiger partial charge in [0.1, 0.15) is 11.5 Å². The summed E-state index contributed by atoms with van der Waals surface area (Å²) in [5.74, 6) is 0.307. The van der Waals surface area contributed by atoms with Crippen LogP contribution < -0.4 is 10.1 Å². The fourth-order valence-electron chi connectivity index (χ4n) is 3.32. The molecule has 0 saturated carbocycles. The molecule has 1 aliphatic rings. The SMILES string of the molecule is COc1ccc(C(=O)/C=C/c2ccc(Cl)cc2)c(O)c1CN1CCNCC1C. The predicted octanol–water partition coefficient (Wildman–Crippen LogP) is 3.74. The molecule has 1 fully saturated rings. The van der Waals surface area contributed by atoms with Gasteiger partial charge in [-0.25, -0.2) is 0 Å². The molecular formula is C22H25ClN2O3. The molecule has 6 heteroatoms. The van der Waals surface area contributed by atoms with Crippen LogP contribution in [0.25, 0.3) is 6.08 Å². The van der Waals surface area contributed by atoms with E-state index in [1.807, 2.05) is 12.1 Å². The topological polar surface area (TPSA) is 61.8 Å². The van der Waals surface area contributed by atoms with Crippen molar-refractivity contribution < 1.29 is 14.6 Å². The number of phenolic OH excluding ortho intramolecular Hbond substituents is 1. The van der Waals surface area contributed by atoms with Crippen LogP contribution in [0.2, 0.25) is 5.02 Å². The molecule has 2 aromatic carbocycles. The number of rotatable bonds is 6. The summed E-state index contributed by atoms with van der Waals surface area (Å²) in [7, 11) is 1.57. The average molecular weight is 401 g/mol. The highest BCUT2D eigenvalue weighted by Crippen LogP contribution is 2.33. The zero-order valence-corrected chi connectivity index (χ0v) is 16.9. The number of aromatic hydroxyl groups is 1. The van der Waals surface area contributed by atoms with Gasteiger partial charge >= 0.3 is 0 Å². The first-order chi connectivity index (χ1) is 13.5. The van der Waals surface area contributed by atoms with Crippen molar-refractivity contribution in [3.8, 4) is 11.5 Å². The highest BCUT2D eigenvalue weighted by Gasteiger charge is 2.23. The molecule has 2 aromatic rings. The highest BCUT2D eigenvalue weighted by molar-refractivity contribution is 6.30. The summed E-state index contributed by atoms with van der Waals surface area (Å²) < 4.78 is 5.43. The molecular weight excluding hydrogens is 376 g/mol. The van der Waals surface area contributed by atoms with Gasteiger partial charge in [-0.2, -0.15) is 0 Å². The maximum absolute atomic E-state index is 12.7. The molecule has 5 nitrogen and oxygen atoms in total. The maximum Gasteiger partial charge on any atom is 0.189 e. The number of nitrogens with zero attached hydrogens (tertiary/aromatic N) is 1. The molecule has 1 atom stereocenters. The second-order valence-corrected chi connectivity index (χ2v) is 7.35. The Hall–Kier alpha value is -2.34. The van der Waals surface area contributed by atoms with Crippen LogP contribution in [-0.2, 0) is 6.54 Å². The van der Waals surface area contributed by atoms with E-state index in [1.165, 1.54) is 6.08 Å². The van der Waals surface area contributed by atoms with E-state index in [0.29, 0.717) is 28.9 Å². The molecule has 28 heavy (non-hydrogen) atoms. The fraction of sp³-hybridized carbons (Fsp3) is 0.318. The minimum Gasteiger partial charge on any atom is -0.507 e. The van der Waals surface area contributed by atoms with Crippen molar-refractivity contribution >= 4 is 23.5 Å². The fourth-order valence-corrected chi connectivity index (χ4v) is 3.44. The Morgan fingerprint density at radius 3 is 2.75 bits per heavy atom. The first kappa shape index (κ1) is 20.4. The average Bonchev–Trinajstić information content (AvgIpc) is 2.70.